The van der Waals surface area contributed by atoms with Crippen LogP contribution in [0.5, 0.6) is 0 Å². The number of amides is 1. The van der Waals surface area contributed by atoms with E-state index < -0.39 is 0 Å². The predicted octanol–water partition coefficient (Wildman–Crippen LogP) is 4.07. The molecule has 4 nitrogen and oxygen atoms in total. The SMILES string of the molecule is C=CCCCCCCCCCC1=NCC[N+]1(CC)CCNC(C)=O. The number of amidine groups is 1. The Morgan fingerprint density at radius 1 is 1.21 bits per heavy atom. The lowest BCUT2D eigenvalue weighted by molar-refractivity contribution is -0.833. The highest BCUT2D eigenvalue weighted by Gasteiger charge is 2.35. The monoisotopic (exact) mass is 336 g/mol. The Hall–Kier alpha value is -1.16. The number of quaternary nitrogens is 1. The molecular weight excluding hydrogens is 298 g/mol. The summed E-state index contributed by atoms with van der Waals surface area (Å²) in [4.78, 5) is 15.9. The number of nitrogens with zero attached hydrogens (tertiary/aromatic N) is 2. The molecule has 0 aliphatic carbocycles. The number of hydrogen-bond donors (Lipinski definition) is 1. The quantitative estimate of drug-likeness (QED) is 0.290. The van der Waals surface area contributed by atoms with E-state index in [1.165, 1.54) is 50.8 Å². The van der Waals surface area contributed by atoms with Crippen LogP contribution in [-0.2, 0) is 4.79 Å². The summed E-state index contributed by atoms with van der Waals surface area (Å²) in [5.74, 6) is 1.43. The van der Waals surface area contributed by atoms with Crippen molar-refractivity contribution in [3.63, 3.8) is 0 Å². The molecule has 1 heterocycles. The fraction of sp³-hybridized carbons (Fsp3) is 0.800. The Balaban J connectivity index is 2.20. The summed E-state index contributed by atoms with van der Waals surface area (Å²) in [6.45, 7) is 12.5. The molecule has 0 bridgehead atoms. The maximum Gasteiger partial charge on any atom is 0.217 e. The molecule has 0 radical (unpaired) electrons. The van der Waals surface area contributed by atoms with Crippen LogP contribution in [0.1, 0.15) is 71.6 Å². The normalized spacial score (nSPS) is 20.0. The molecule has 1 rings (SSSR count). The van der Waals surface area contributed by atoms with Crippen LogP contribution in [-0.4, -0.2) is 48.9 Å². The number of rotatable bonds is 14. The molecule has 24 heavy (non-hydrogen) atoms. The number of unbranched alkanes of at least 4 members (excludes halogenated alkanes) is 7. The van der Waals surface area contributed by atoms with Crippen molar-refractivity contribution in [2.24, 2.45) is 4.99 Å². The first-order valence-electron chi connectivity index (χ1n) is 9.90. The van der Waals surface area contributed by atoms with Gasteiger partial charge >= 0.3 is 0 Å². The first-order chi connectivity index (χ1) is 11.6. The zero-order chi connectivity index (χ0) is 17.7. The van der Waals surface area contributed by atoms with E-state index in [-0.39, 0.29) is 5.91 Å². The zero-order valence-corrected chi connectivity index (χ0v) is 16.0. The van der Waals surface area contributed by atoms with E-state index in [0.29, 0.717) is 0 Å². The van der Waals surface area contributed by atoms with Crippen molar-refractivity contribution in [1.82, 2.24) is 5.32 Å². The first kappa shape index (κ1) is 20.9. The lowest BCUT2D eigenvalue weighted by atomic mass is 10.1. The van der Waals surface area contributed by atoms with Crippen molar-refractivity contribution in [2.75, 3.05) is 32.7 Å². The van der Waals surface area contributed by atoms with E-state index in [2.05, 4.69) is 18.8 Å². The zero-order valence-electron chi connectivity index (χ0n) is 16.0. The summed E-state index contributed by atoms with van der Waals surface area (Å²) in [6, 6.07) is 0. The van der Waals surface area contributed by atoms with Gasteiger partial charge in [0.25, 0.3) is 0 Å². The number of carbonyl (C=O) groups is 1. The van der Waals surface area contributed by atoms with Gasteiger partial charge in [0.1, 0.15) is 13.1 Å². The van der Waals surface area contributed by atoms with Gasteiger partial charge in [-0.3, -0.25) is 9.28 Å². The average molecular weight is 337 g/mol. The molecule has 0 fully saturated rings. The summed E-state index contributed by atoms with van der Waals surface area (Å²) in [7, 11) is 0. The minimum absolute atomic E-state index is 0.0648. The smallest absolute Gasteiger partial charge is 0.217 e. The Morgan fingerprint density at radius 2 is 1.88 bits per heavy atom. The maximum absolute atomic E-state index is 11.1. The van der Waals surface area contributed by atoms with Gasteiger partial charge in [0.05, 0.1) is 19.6 Å². The molecule has 1 amide bonds. The van der Waals surface area contributed by atoms with Crippen LogP contribution in [0.3, 0.4) is 0 Å². The second kappa shape index (κ2) is 12.2. The second-order valence-electron chi connectivity index (χ2n) is 6.99. The topological polar surface area (TPSA) is 41.5 Å². The maximum atomic E-state index is 11.1. The van der Waals surface area contributed by atoms with Crippen LogP contribution >= 0.6 is 0 Å². The summed E-state index contributed by atoms with van der Waals surface area (Å²) in [5, 5.41) is 2.94. The Kier molecular flexibility index (Phi) is 10.6. The highest BCUT2D eigenvalue weighted by Crippen LogP contribution is 2.20. The molecule has 0 saturated heterocycles. The van der Waals surface area contributed by atoms with Crippen LogP contribution < -0.4 is 5.32 Å². The van der Waals surface area contributed by atoms with Gasteiger partial charge in [0.15, 0.2) is 5.84 Å². The van der Waals surface area contributed by atoms with Gasteiger partial charge in [-0.15, -0.1) is 6.58 Å². The molecule has 0 saturated carbocycles. The van der Waals surface area contributed by atoms with Gasteiger partial charge in [-0.05, 0) is 26.2 Å². The number of carbonyl (C=O) groups excluding carboxylic acids is 1. The predicted molar refractivity (Wildman–Crippen MR) is 103 cm³/mol. The van der Waals surface area contributed by atoms with Gasteiger partial charge in [-0.25, -0.2) is 4.99 Å². The lowest BCUT2D eigenvalue weighted by Crippen LogP contribution is -2.54. The summed E-state index contributed by atoms with van der Waals surface area (Å²) < 4.78 is 0.988. The standard InChI is InChI=1S/C20H37N3O/c1-4-6-7-8-9-10-11-12-13-14-20-22-16-18-23(20,5-2)17-15-21-19(3)24/h4H,1,5-18H2,2-3H3/p+1. The van der Waals surface area contributed by atoms with Crippen molar-refractivity contribution >= 4 is 11.7 Å². The third kappa shape index (κ3) is 7.61. The summed E-state index contributed by atoms with van der Waals surface area (Å²) in [6.07, 6.45) is 13.6. The van der Waals surface area contributed by atoms with Crippen LogP contribution in [0.2, 0.25) is 0 Å². The van der Waals surface area contributed by atoms with E-state index >= 15 is 0 Å². The van der Waals surface area contributed by atoms with Crippen LogP contribution in [0, 0.1) is 0 Å². The Bertz CT molecular complexity index is 406. The number of allylic oxidation sites excluding steroid dienone is 1. The van der Waals surface area contributed by atoms with Crippen molar-refractivity contribution < 1.29 is 9.28 Å². The van der Waals surface area contributed by atoms with E-state index in [4.69, 9.17) is 4.99 Å². The number of aliphatic imine (C=N–C) groups is 1. The van der Waals surface area contributed by atoms with Gasteiger partial charge in [-0.1, -0.05) is 38.2 Å². The molecule has 138 valence electrons. The van der Waals surface area contributed by atoms with Gasteiger partial charge < -0.3 is 5.32 Å². The molecule has 0 aromatic heterocycles. The van der Waals surface area contributed by atoms with Crippen molar-refractivity contribution in [1.29, 1.82) is 0 Å². The number of likely N-dealkylation sites (N-methyl/N-ethyl adjacent to an activating group) is 1. The summed E-state index contributed by atoms with van der Waals surface area (Å²) in [5.41, 5.74) is 0. The minimum Gasteiger partial charge on any atom is -0.351 e. The molecule has 1 N–H and O–H groups in total. The molecule has 1 aliphatic heterocycles. The molecule has 1 unspecified atom stereocenters. The third-order valence-corrected chi connectivity index (χ3v) is 5.20. The average Bonchev–Trinajstić information content (AvgIpc) is 2.96. The first-order valence-corrected chi connectivity index (χ1v) is 9.90. The minimum atomic E-state index is 0.0648. The van der Waals surface area contributed by atoms with Crippen LogP contribution in [0.25, 0.3) is 0 Å². The number of nitrogens with one attached hydrogen (secondary N) is 1. The van der Waals surface area contributed by atoms with Crippen LogP contribution in [0.15, 0.2) is 17.6 Å². The van der Waals surface area contributed by atoms with Gasteiger partial charge in [0, 0.05) is 13.3 Å². The molecule has 0 aromatic rings. The third-order valence-electron chi connectivity index (χ3n) is 5.20. The lowest BCUT2D eigenvalue weighted by Gasteiger charge is -2.33. The van der Waals surface area contributed by atoms with E-state index in [0.717, 1.165) is 50.0 Å². The molecule has 0 spiro atoms. The largest absolute Gasteiger partial charge is 0.351 e. The Labute approximate surface area is 149 Å². The van der Waals surface area contributed by atoms with Gasteiger partial charge in [-0.2, -0.15) is 0 Å². The molecule has 1 atom stereocenters. The highest BCUT2D eigenvalue weighted by molar-refractivity contribution is 5.77. The van der Waals surface area contributed by atoms with Crippen molar-refractivity contribution in [3.05, 3.63) is 12.7 Å². The highest BCUT2D eigenvalue weighted by atomic mass is 16.1. The molecule has 4 heteroatoms. The fourth-order valence-corrected chi connectivity index (χ4v) is 3.61. The van der Waals surface area contributed by atoms with E-state index in [1.54, 1.807) is 6.92 Å². The molecule has 0 aromatic carbocycles. The Morgan fingerprint density at radius 3 is 2.50 bits per heavy atom. The number of hydrogen-bond acceptors (Lipinski definition) is 2. The molecular formula is C20H38N3O+. The van der Waals surface area contributed by atoms with Crippen molar-refractivity contribution in [2.45, 2.75) is 71.6 Å². The van der Waals surface area contributed by atoms with Crippen molar-refractivity contribution in [3.8, 4) is 0 Å². The summed E-state index contributed by atoms with van der Waals surface area (Å²) >= 11 is 0. The van der Waals surface area contributed by atoms with Crippen LogP contribution in [0.4, 0.5) is 0 Å². The van der Waals surface area contributed by atoms with E-state index in [9.17, 15) is 4.79 Å². The fourth-order valence-electron chi connectivity index (χ4n) is 3.61. The second-order valence-corrected chi connectivity index (χ2v) is 6.99. The van der Waals surface area contributed by atoms with Gasteiger partial charge in [0.2, 0.25) is 5.91 Å². The molecule has 1 aliphatic rings. The van der Waals surface area contributed by atoms with E-state index in [1.807, 2.05) is 6.08 Å².